The number of imidazole rings is 1. The van der Waals surface area contributed by atoms with Gasteiger partial charge in [0, 0.05) is 17.1 Å². The summed E-state index contributed by atoms with van der Waals surface area (Å²) in [5.41, 5.74) is 2.28. The Labute approximate surface area is 147 Å². The molecule has 0 atom stereocenters. The number of aromatic nitrogens is 4. The van der Waals surface area contributed by atoms with Gasteiger partial charge in [0.1, 0.15) is 5.65 Å². The van der Waals surface area contributed by atoms with Crippen LogP contribution in [0.4, 0.5) is 0 Å². The third-order valence-corrected chi connectivity index (χ3v) is 4.71. The molecule has 2 N–H and O–H groups in total. The first-order chi connectivity index (χ1) is 12.7. The highest BCUT2D eigenvalue weighted by Crippen LogP contribution is 2.21. The summed E-state index contributed by atoms with van der Waals surface area (Å²) in [6.45, 7) is -0.0330. The third-order valence-electron chi connectivity index (χ3n) is 4.71. The van der Waals surface area contributed by atoms with Crippen molar-refractivity contribution in [2.75, 3.05) is 0 Å². The van der Waals surface area contributed by atoms with Gasteiger partial charge < -0.3 is 9.97 Å². The predicted octanol–water partition coefficient (Wildman–Crippen LogP) is 3.24. The topological polar surface area (TPSA) is 83.5 Å². The fourth-order valence-corrected chi connectivity index (χ4v) is 3.37. The number of hydrogen-bond acceptors (Lipinski definition) is 3. The van der Waals surface area contributed by atoms with Crippen molar-refractivity contribution in [1.29, 1.82) is 0 Å². The Morgan fingerprint density at radius 1 is 1.08 bits per heavy atom. The number of nitrogens with zero attached hydrogens (tertiary/aromatic N) is 2. The molecule has 3 heterocycles. The van der Waals surface area contributed by atoms with Crippen LogP contribution >= 0.6 is 0 Å². The Bertz CT molecular complexity index is 1360. The molecule has 0 spiro atoms. The second-order valence-electron chi connectivity index (χ2n) is 6.26. The Kier molecular flexibility index (Phi) is 3.05. The Hall–Kier alpha value is -3.67. The molecule has 0 aliphatic carbocycles. The van der Waals surface area contributed by atoms with E-state index >= 15 is 0 Å². The van der Waals surface area contributed by atoms with Gasteiger partial charge in [0.2, 0.25) is 0 Å². The number of H-pyrrole nitrogens is 2. The minimum Gasteiger partial charge on any atom is -0.346 e. The number of fused-ring (bicyclic) bond motifs is 4. The summed E-state index contributed by atoms with van der Waals surface area (Å²) in [7, 11) is 0. The maximum atomic E-state index is 12.8. The second-order valence-corrected chi connectivity index (χ2v) is 6.26. The van der Waals surface area contributed by atoms with Crippen LogP contribution in [0, 0.1) is 0 Å². The van der Waals surface area contributed by atoms with Crippen LogP contribution in [0.1, 0.15) is 10.4 Å². The van der Waals surface area contributed by atoms with Gasteiger partial charge in [0.15, 0.2) is 5.78 Å². The van der Waals surface area contributed by atoms with E-state index in [1.165, 1.54) is 4.57 Å². The molecular formula is C20H14N4O2. The quantitative estimate of drug-likeness (QED) is 0.494. The van der Waals surface area contributed by atoms with E-state index < -0.39 is 0 Å². The SMILES string of the molecule is O=C(Cn1c(=O)[nH]c2c3cc[nH]c3ncc21)c1ccc2ccccc2c1. The fraction of sp³-hybridized carbons (Fsp3) is 0.0500. The Balaban J connectivity index is 1.58. The van der Waals surface area contributed by atoms with Crippen molar-refractivity contribution in [2.45, 2.75) is 6.54 Å². The van der Waals surface area contributed by atoms with E-state index in [9.17, 15) is 9.59 Å². The van der Waals surface area contributed by atoms with Crippen molar-refractivity contribution < 1.29 is 4.79 Å². The highest BCUT2D eigenvalue weighted by molar-refractivity contribution is 6.03. The zero-order valence-corrected chi connectivity index (χ0v) is 13.7. The van der Waals surface area contributed by atoms with E-state index in [1.807, 2.05) is 42.5 Å². The first-order valence-corrected chi connectivity index (χ1v) is 8.27. The van der Waals surface area contributed by atoms with E-state index in [2.05, 4.69) is 15.0 Å². The lowest BCUT2D eigenvalue weighted by Crippen LogP contribution is -2.21. The fourth-order valence-electron chi connectivity index (χ4n) is 3.37. The number of aromatic amines is 2. The molecule has 0 aliphatic rings. The Morgan fingerprint density at radius 2 is 1.92 bits per heavy atom. The van der Waals surface area contributed by atoms with Crippen LogP contribution in [0.2, 0.25) is 0 Å². The normalized spacial score (nSPS) is 11.5. The number of benzene rings is 2. The maximum absolute atomic E-state index is 12.8. The van der Waals surface area contributed by atoms with Crippen LogP contribution in [-0.4, -0.2) is 25.3 Å². The van der Waals surface area contributed by atoms with Crippen molar-refractivity contribution in [2.24, 2.45) is 0 Å². The molecule has 0 fully saturated rings. The van der Waals surface area contributed by atoms with E-state index in [0.29, 0.717) is 22.2 Å². The molecule has 6 heteroatoms. The van der Waals surface area contributed by atoms with Gasteiger partial charge in [-0.05, 0) is 22.9 Å². The summed E-state index contributed by atoms with van der Waals surface area (Å²) < 4.78 is 1.44. The lowest BCUT2D eigenvalue weighted by Gasteiger charge is -2.05. The molecule has 0 aliphatic heterocycles. The average molecular weight is 342 g/mol. The number of carbonyl (C=O) groups is 1. The van der Waals surface area contributed by atoms with Crippen LogP contribution in [0.5, 0.6) is 0 Å². The van der Waals surface area contributed by atoms with Crippen LogP contribution < -0.4 is 5.69 Å². The monoisotopic (exact) mass is 342 g/mol. The highest BCUT2D eigenvalue weighted by atomic mass is 16.2. The van der Waals surface area contributed by atoms with Gasteiger partial charge in [-0.15, -0.1) is 0 Å². The molecule has 0 unspecified atom stereocenters. The number of Topliss-reactive ketones (excluding diaryl/α,β-unsaturated/α-hetero) is 1. The molecule has 26 heavy (non-hydrogen) atoms. The molecule has 0 saturated carbocycles. The zero-order valence-electron chi connectivity index (χ0n) is 13.7. The Morgan fingerprint density at radius 3 is 2.81 bits per heavy atom. The molecular weight excluding hydrogens is 328 g/mol. The average Bonchev–Trinajstić information content (AvgIpc) is 3.26. The van der Waals surface area contributed by atoms with Gasteiger partial charge >= 0.3 is 5.69 Å². The summed E-state index contributed by atoms with van der Waals surface area (Å²) in [4.78, 5) is 35.3. The van der Waals surface area contributed by atoms with Crippen LogP contribution in [0.25, 0.3) is 32.8 Å². The molecule has 0 radical (unpaired) electrons. The molecule has 5 rings (SSSR count). The van der Waals surface area contributed by atoms with Gasteiger partial charge in [0.25, 0.3) is 0 Å². The van der Waals surface area contributed by atoms with Crippen molar-refractivity contribution in [3.05, 3.63) is 77.0 Å². The number of carbonyl (C=O) groups excluding carboxylic acids is 1. The van der Waals surface area contributed by atoms with Gasteiger partial charge in [-0.3, -0.25) is 9.36 Å². The minimum absolute atomic E-state index is 0.0330. The summed E-state index contributed by atoms with van der Waals surface area (Å²) in [5.74, 6) is -0.118. The summed E-state index contributed by atoms with van der Waals surface area (Å²) in [5, 5.41) is 2.91. The number of nitrogens with one attached hydrogen (secondary N) is 2. The number of ketones is 1. The number of rotatable bonds is 3. The number of pyridine rings is 1. The first-order valence-electron chi connectivity index (χ1n) is 8.27. The van der Waals surface area contributed by atoms with E-state index in [1.54, 1.807) is 18.5 Å². The van der Waals surface area contributed by atoms with Gasteiger partial charge in [0.05, 0.1) is 23.8 Å². The predicted molar refractivity (Wildman–Crippen MR) is 100 cm³/mol. The molecule has 5 aromatic rings. The zero-order chi connectivity index (χ0) is 17.7. The van der Waals surface area contributed by atoms with Crippen molar-refractivity contribution in [3.63, 3.8) is 0 Å². The van der Waals surface area contributed by atoms with E-state index in [0.717, 1.165) is 16.2 Å². The molecule has 126 valence electrons. The lowest BCUT2D eigenvalue weighted by atomic mass is 10.0. The lowest BCUT2D eigenvalue weighted by molar-refractivity contribution is 0.0972. The number of hydrogen-bond donors (Lipinski definition) is 2. The van der Waals surface area contributed by atoms with Crippen molar-refractivity contribution in [3.8, 4) is 0 Å². The van der Waals surface area contributed by atoms with Gasteiger partial charge in [-0.25, -0.2) is 9.78 Å². The minimum atomic E-state index is -0.315. The smallest absolute Gasteiger partial charge is 0.326 e. The van der Waals surface area contributed by atoms with Crippen molar-refractivity contribution >= 4 is 38.6 Å². The summed E-state index contributed by atoms with van der Waals surface area (Å²) in [6.07, 6.45) is 3.38. The van der Waals surface area contributed by atoms with Crippen LogP contribution in [0.3, 0.4) is 0 Å². The molecule has 2 aromatic carbocycles. The molecule has 0 bridgehead atoms. The maximum Gasteiger partial charge on any atom is 0.326 e. The standard InChI is InChI=1S/C20H14N4O2/c25-17(14-6-5-12-3-1-2-4-13(12)9-14)11-24-16-10-22-19-15(7-8-21-19)18(16)23-20(24)26/h1-10H,11H2,(H,21,22)(H,23,26). The van der Waals surface area contributed by atoms with Crippen LogP contribution in [0.15, 0.2) is 65.7 Å². The van der Waals surface area contributed by atoms with Crippen molar-refractivity contribution in [1.82, 2.24) is 19.5 Å². The summed E-state index contributed by atoms with van der Waals surface area (Å²) in [6, 6.07) is 15.3. The largest absolute Gasteiger partial charge is 0.346 e. The van der Waals surface area contributed by atoms with Gasteiger partial charge in [-0.2, -0.15) is 0 Å². The highest BCUT2D eigenvalue weighted by Gasteiger charge is 2.15. The molecule has 0 saturated heterocycles. The molecule has 0 amide bonds. The second kappa shape index (κ2) is 5.42. The third kappa shape index (κ3) is 2.16. The van der Waals surface area contributed by atoms with Crippen LogP contribution in [-0.2, 0) is 6.54 Å². The van der Waals surface area contributed by atoms with Gasteiger partial charge in [-0.1, -0.05) is 36.4 Å². The molecule has 3 aromatic heterocycles. The van der Waals surface area contributed by atoms with E-state index in [-0.39, 0.29) is 18.0 Å². The van der Waals surface area contributed by atoms with E-state index in [4.69, 9.17) is 0 Å². The molecule has 6 nitrogen and oxygen atoms in total. The summed E-state index contributed by atoms with van der Waals surface area (Å²) >= 11 is 0. The first kappa shape index (κ1) is 14.7.